The number of nitrogens with zero attached hydrogens (tertiary/aromatic N) is 1. The van der Waals surface area contributed by atoms with Gasteiger partial charge in [0.2, 0.25) is 5.88 Å². The van der Waals surface area contributed by atoms with Gasteiger partial charge in [0, 0.05) is 11.6 Å². The van der Waals surface area contributed by atoms with E-state index in [1.54, 1.807) is 30.3 Å². The maximum absolute atomic E-state index is 12.4. The molecular formula is C28H28N2O5S. The summed E-state index contributed by atoms with van der Waals surface area (Å²) in [7, 11) is 0. The summed E-state index contributed by atoms with van der Waals surface area (Å²) in [6.07, 6.45) is 3.18. The summed E-state index contributed by atoms with van der Waals surface area (Å²) in [5, 5.41) is 11.7. The topological polar surface area (TPSA) is 104 Å². The lowest BCUT2D eigenvalue weighted by Gasteiger charge is -2.27. The van der Waals surface area contributed by atoms with Gasteiger partial charge in [0.25, 0.3) is 0 Å². The molecule has 4 rings (SSSR count). The molecule has 0 aliphatic carbocycles. The molecule has 1 atom stereocenters. The highest BCUT2D eigenvalue weighted by Gasteiger charge is 2.32. The van der Waals surface area contributed by atoms with Crippen LogP contribution in [0.25, 0.3) is 0 Å². The molecule has 0 amide bonds. The second-order valence-corrected chi connectivity index (χ2v) is 9.13. The Bertz CT molecular complexity index is 1290. The van der Waals surface area contributed by atoms with E-state index in [1.165, 1.54) is 11.3 Å². The van der Waals surface area contributed by atoms with Crippen LogP contribution in [0.5, 0.6) is 23.0 Å². The zero-order valence-corrected chi connectivity index (χ0v) is 21.1. The number of carbonyl (C=O) groups excluding carboxylic acids is 1. The molecule has 3 aromatic rings. The fourth-order valence-corrected chi connectivity index (χ4v) is 4.62. The molecule has 2 heterocycles. The molecule has 0 spiro atoms. The van der Waals surface area contributed by atoms with E-state index >= 15 is 0 Å². The molecule has 0 saturated carbocycles. The van der Waals surface area contributed by atoms with Crippen molar-refractivity contribution < 1.29 is 23.7 Å². The van der Waals surface area contributed by atoms with Crippen LogP contribution in [0.4, 0.5) is 0 Å². The third kappa shape index (κ3) is 5.47. The minimum atomic E-state index is -0.478. The average molecular weight is 505 g/mol. The number of benzene rings is 2. The summed E-state index contributed by atoms with van der Waals surface area (Å²) in [5.41, 5.74) is 7.99. The van der Waals surface area contributed by atoms with E-state index in [9.17, 15) is 10.1 Å². The number of unbranched alkanes of at least 4 members (excludes halogenated alkanes) is 2. The Morgan fingerprint density at radius 1 is 1.11 bits per heavy atom. The lowest BCUT2D eigenvalue weighted by Crippen LogP contribution is -2.21. The van der Waals surface area contributed by atoms with Gasteiger partial charge in [0.15, 0.2) is 11.5 Å². The molecule has 1 unspecified atom stereocenters. The van der Waals surface area contributed by atoms with Crippen LogP contribution in [0.1, 0.15) is 59.8 Å². The molecule has 2 N–H and O–H groups in total. The highest BCUT2D eigenvalue weighted by molar-refractivity contribution is 7.12. The number of carbonyl (C=O) groups is 1. The zero-order chi connectivity index (χ0) is 25.5. The second kappa shape index (κ2) is 11.6. The molecule has 0 bridgehead atoms. The minimum Gasteiger partial charge on any atom is -0.490 e. The number of fused-ring (bicyclic) bond motifs is 1. The first-order valence-corrected chi connectivity index (χ1v) is 12.8. The third-order valence-electron chi connectivity index (χ3n) is 5.73. The Balaban J connectivity index is 1.66. The van der Waals surface area contributed by atoms with Gasteiger partial charge in [-0.05, 0) is 48.6 Å². The largest absolute Gasteiger partial charge is 0.490 e. The number of thiophene rings is 1. The van der Waals surface area contributed by atoms with Crippen molar-refractivity contribution in [3.8, 4) is 29.1 Å². The van der Waals surface area contributed by atoms with Gasteiger partial charge in [-0.3, -0.25) is 0 Å². The Hall–Kier alpha value is -3.96. The lowest BCUT2D eigenvalue weighted by atomic mass is 9.83. The number of hydrogen-bond acceptors (Lipinski definition) is 8. The minimum absolute atomic E-state index is 0.00888. The highest BCUT2D eigenvalue weighted by atomic mass is 32.1. The molecule has 1 aromatic heterocycles. The van der Waals surface area contributed by atoms with E-state index in [2.05, 4.69) is 13.0 Å². The Morgan fingerprint density at radius 3 is 2.69 bits per heavy atom. The van der Waals surface area contributed by atoms with Crippen molar-refractivity contribution in [1.29, 1.82) is 5.26 Å². The first-order chi connectivity index (χ1) is 17.5. The van der Waals surface area contributed by atoms with Crippen LogP contribution in [0.3, 0.4) is 0 Å². The van der Waals surface area contributed by atoms with E-state index in [4.69, 9.17) is 24.7 Å². The van der Waals surface area contributed by atoms with Crippen LogP contribution in [0.15, 0.2) is 65.4 Å². The smallest absolute Gasteiger partial charge is 0.353 e. The van der Waals surface area contributed by atoms with Crippen molar-refractivity contribution >= 4 is 17.3 Å². The fraction of sp³-hybridized carbons (Fsp3) is 0.286. The van der Waals surface area contributed by atoms with Gasteiger partial charge in [0.1, 0.15) is 28.0 Å². The Kier molecular flexibility index (Phi) is 8.13. The van der Waals surface area contributed by atoms with Crippen molar-refractivity contribution in [3.63, 3.8) is 0 Å². The van der Waals surface area contributed by atoms with Gasteiger partial charge in [-0.15, -0.1) is 11.3 Å². The van der Waals surface area contributed by atoms with Crippen LogP contribution in [0, 0.1) is 11.3 Å². The summed E-state index contributed by atoms with van der Waals surface area (Å²) in [4.78, 5) is 12.9. The summed E-state index contributed by atoms with van der Waals surface area (Å²) in [6.45, 7) is 5.14. The molecular weight excluding hydrogens is 476 g/mol. The van der Waals surface area contributed by atoms with E-state index in [-0.39, 0.29) is 5.88 Å². The van der Waals surface area contributed by atoms with Crippen molar-refractivity contribution in [1.82, 2.24) is 0 Å². The molecule has 0 saturated heterocycles. The first-order valence-electron chi connectivity index (χ1n) is 11.9. The van der Waals surface area contributed by atoms with Crippen molar-refractivity contribution in [2.24, 2.45) is 5.73 Å². The number of allylic oxidation sites excluding steroid dienone is 1. The van der Waals surface area contributed by atoms with E-state index in [0.717, 1.165) is 30.4 Å². The van der Waals surface area contributed by atoms with E-state index < -0.39 is 11.9 Å². The van der Waals surface area contributed by atoms with Crippen molar-refractivity contribution in [3.05, 3.63) is 81.4 Å². The summed E-state index contributed by atoms with van der Waals surface area (Å²) in [6, 6.07) is 16.4. The zero-order valence-electron chi connectivity index (χ0n) is 20.3. The van der Waals surface area contributed by atoms with Crippen LogP contribution < -0.4 is 24.7 Å². The summed E-state index contributed by atoms with van der Waals surface area (Å²) >= 11 is 1.30. The number of ether oxygens (including phenoxy) is 4. The molecule has 0 radical (unpaired) electrons. The monoisotopic (exact) mass is 504 g/mol. The molecule has 186 valence electrons. The molecule has 8 heteroatoms. The van der Waals surface area contributed by atoms with Gasteiger partial charge >= 0.3 is 5.97 Å². The van der Waals surface area contributed by atoms with Crippen molar-refractivity contribution in [2.75, 3.05) is 13.2 Å². The molecule has 2 aromatic carbocycles. The molecule has 36 heavy (non-hydrogen) atoms. The number of nitrogens with two attached hydrogens (primary N) is 1. The van der Waals surface area contributed by atoms with Crippen molar-refractivity contribution in [2.45, 2.75) is 39.0 Å². The number of rotatable bonds is 10. The normalized spacial score (nSPS) is 14.4. The molecule has 1 aliphatic rings. The second-order valence-electron chi connectivity index (χ2n) is 8.19. The standard InChI is InChI=1S/C28H28N2O5S/c1-3-5-6-13-33-22-12-9-18(15-24(22)32-4-2)26-20-11-10-19(34-28(31)25-8-7-14-36-25)16-23(20)35-27(30)21(26)17-29/h7-12,14-16,26H,3-6,13,30H2,1-2H3. The van der Waals surface area contributed by atoms with E-state index in [0.29, 0.717) is 46.7 Å². The van der Waals surface area contributed by atoms with Gasteiger partial charge < -0.3 is 24.7 Å². The summed E-state index contributed by atoms with van der Waals surface area (Å²) in [5.74, 6) is 1.10. The Morgan fingerprint density at radius 2 is 1.97 bits per heavy atom. The van der Waals surface area contributed by atoms with Gasteiger partial charge in [-0.2, -0.15) is 5.26 Å². The highest BCUT2D eigenvalue weighted by Crippen LogP contribution is 2.45. The molecule has 7 nitrogen and oxygen atoms in total. The number of nitriles is 1. The van der Waals surface area contributed by atoms with E-state index in [1.807, 2.05) is 30.5 Å². The van der Waals surface area contributed by atoms with Gasteiger partial charge in [-0.25, -0.2) is 4.79 Å². The van der Waals surface area contributed by atoms with Crippen LogP contribution in [-0.2, 0) is 0 Å². The molecule has 0 fully saturated rings. The maximum atomic E-state index is 12.4. The average Bonchev–Trinajstić information content (AvgIpc) is 3.42. The predicted molar refractivity (Wildman–Crippen MR) is 138 cm³/mol. The van der Waals surface area contributed by atoms with Gasteiger partial charge in [0.05, 0.1) is 19.1 Å². The Labute approximate surface area is 214 Å². The third-order valence-corrected chi connectivity index (χ3v) is 6.58. The number of esters is 1. The summed E-state index contributed by atoms with van der Waals surface area (Å²) < 4.78 is 23.1. The van der Waals surface area contributed by atoms with Crippen LogP contribution in [-0.4, -0.2) is 19.2 Å². The van der Waals surface area contributed by atoms with Crippen LogP contribution >= 0.6 is 11.3 Å². The molecule has 1 aliphatic heterocycles. The SMILES string of the molecule is CCCCCOc1ccc(C2C(C#N)=C(N)Oc3cc(OC(=O)c4cccs4)ccc32)cc1OCC. The fourth-order valence-electron chi connectivity index (χ4n) is 4.02. The first kappa shape index (κ1) is 25.1. The van der Waals surface area contributed by atoms with Gasteiger partial charge in [-0.1, -0.05) is 38.0 Å². The lowest BCUT2D eigenvalue weighted by molar-refractivity contribution is 0.0739. The van der Waals surface area contributed by atoms with Crippen LogP contribution in [0.2, 0.25) is 0 Å². The predicted octanol–water partition coefficient (Wildman–Crippen LogP) is 6.15. The number of hydrogen-bond donors (Lipinski definition) is 1. The maximum Gasteiger partial charge on any atom is 0.353 e. The quantitative estimate of drug-likeness (QED) is 0.200.